The van der Waals surface area contributed by atoms with E-state index in [2.05, 4.69) is 20.1 Å². The number of sulfonamides is 2. The number of rotatable bonds is 13. The van der Waals surface area contributed by atoms with Crippen molar-refractivity contribution in [2.24, 2.45) is 0 Å². The summed E-state index contributed by atoms with van der Waals surface area (Å²) in [5.74, 6) is -0.928. The zero-order valence-corrected chi connectivity index (χ0v) is 22.5. The molecule has 0 bridgehead atoms. The molecule has 0 aliphatic heterocycles. The highest BCUT2D eigenvalue weighted by Gasteiger charge is 2.23. The number of carbonyl (C=O) groups is 2. The summed E-state index contributed by atoms with van der Waals surface area (Å²) in [7, 11) is -7.64. The molecule has 0 unspecified atom stereocenters. The SMILES string of the molecule is Cc1ccc(S(=O)(=O)N[C@@H](C)C(=O)NCCCCNC(=O)[C@H](C)NS(=O)(=O)c2ccc(C)cc2)cc1. The largest absolute Gasteiger partial charge is 0.355 e. The maximum Gasteiger partial charge on any atom is 0.241 e. The van der Waals surface area contributed by atoms with E-state index >= 15 is 0 Å². The molecule has 0 saturated heterocycles. The number of nitrogens with one attached hydrogen (secondary N) is 4. The minimum Gasteiger partial charge on any atom is -0.355 e. The molecule has 0 heterocycles. The summed E-state index contributed by atoms with van der Waals surface area (Å²) < 4.78 is 54.3. The summed E-state index contributed by atoms with van der Waals surface area (Å²) in [5, 5.41) is 5.32. The van der Waals surface area contributed by atoms with Crippen LogP contribution in [0.1, 0.15) is 37.8 Å². The monoisotopic (exact) mass is 538 g/mol. The molecule has 198 valence electrons. The second-order valence-electron chi connectivity index (χ2n) is 8.60. The molecule has 0 aliphatic rings. The first-order chi connectivity index (χ1) is 16.8. The molecule has 2 amide bonds. The Balaban J connectivity index is 1.68. The Morgan fingerprint density at radius 3 is 1.25 bits per heavy atom. The standard InChI is InChI=1S/C24H34N4O6S2/c1-17-7-11-21(12-8-17)35(31,32)27-19(3)23(29)25-15-5-6-16-26-24(30)20(4)28-36(33,34)22-13-9-18(2)10-14-22/h7-14,19-20,27-28H,5-6,15-16H2,1-4H3,(H,25,29)(H,26,30)/t19-,20-/m0/s1. The van der Waals surface area contributed by atoms with Gasteiger partial charge in [0.15, 0.2) is 0 Å². The lowest BCUT2D eigenvalue weighted by molar-refractivity contribution is -0.123. The van der Waals surface area contributed by atoms with E-state index < -0.39 is 43.9 Å². The normalized spacial score (nSPS) is 13.6. The molecule has 0 aromatic heterocycles. The zero-order valence-electron chi connectivity index (χ0n) is 20.9. The molecule has 36 heavy (non-hydrogen) atoms. The fraction of sp³-hybridized carbons (Fsp3) is 0.417. The number of amides is 2. The highest BCUT2D eigenvalue weighted by molar-refractivity contribution is 7.89. The summed E-state index contributed by atoms with van der Waals surface area (Å²) in [6, 6.07) is 10.7. The molecule has 0 aliphatic carbocycles. The average molecular weight is 539 g/mol. The lowest BCUT2D eigenvalue weighted by Crippen LogP contribution is -2.45. The van der Waals surface area contributed by atoms with E-state index in [1.165, 1.54) is 38.1 Å². The Morgan fingerprint density at radius 2 is 0.944 bits per heavy atom. The van der Waals surface area contributed by atoms with Crippen LogP contribution in [0.2, 0.25) is 0 Å². The van der Waals surface area contributed by atoms with Crippen LogP contribution in [0.25, 0.3) is 0 Å². The van der Waals surface area contributed by atoms with Gasteiger partial charge < -0.3 is 10.6 Å². The van der Waals surface area contributed by atoms with Crippen LogP contribution in [0.4, 0.5) is 0 Å². The second kappa shape index (κ2) is 12.9. The molecule has 0 radical (unpaired) electrons. The van der Waals surface area contributed by atoms with Crippen molar-refractivity contribution in [1.29, 1.82) is 0 Å². The Hall–Kier alpha value is -2.80. The summed E-state index contributed by atoms with van der Waals surface area (Å²) in [4.78, 5) is 24.6. The molecule has 0 saturated carbocycles. The summed E-state index contributed by atoms with van der Waals surface area (Å²) in [6.07, 6.45) is 1.07. The minimum absolute atomic E-state index is 0.0823. The van der Waals surface area contributed by atoms with Gasteiger partial charge in [-0.05, 0) is 64.8 Å². The fourth-order valence-corrected chi connectivity index (χ4v) is 5.53. The van der Waals surface area contributed by atoms with Crippen molar-refractivity contribution in [3.8, 4) is 0 Å². The number of carbonyl (C=O) groups excluding carboxylic acids is 2. The van der Waals surface area contributed by atoms with Gasteiger partial charge in [0.2, 0.25) is 31.9 Å². The van der Waals surface area contributed by atoms with Gasteiger partial charge in [-0.15, -0.1) is 0 Å². The van der Waals surface area contributed by atoms with E-state index in [1.807, 2.05) is 13.8 Å². The first-order valence-corrected chi connectivity index (χ1v) is 14.5. The van der Waals surface area contributed by atoms with Crippen LogP contribution in [-0.2, 0) is 29.6 Å². The number of unbranched alkanes of at least 4 members (excludes halogenated alkanes) is 1. The fourth-order valence-electron chi connectivity index (χ4n) is 3.12. The van der Waals surface area contributed by atoms with Gasteiger partial charge in [0.05, 0.1) is 21.9 Å². The third-order valence-electron chi connectivity index (χ3n) is 5.32. The van der Waals surface area contributed by atoms with Crippen molar-refractivity contribution in [1.82, 2.24) is 20.1 Å². The Labute approximate surface area is 213 Å². The van der Waals surface area contributed by atoms with Crippen molar-refractivity contribution in [2.75, 3.05) is 13.1 Å². The smallest absolute Gasteiger partial charge is 0.241 e. The van der Waals surface area contributed by atoms with E-state index in [0.717, 1.165) is 11.1 Å². The van der Waals surface area contributed by atoms with Crippen LogP contribution in [0.3, 0.4) is 0 Å². The lowest BCUT2D eigenvalue weighted by Gasteiger charge is -2.15. The van der Waals surface area contributed by atoms with Gasteiger partial charge in [-0.3, -0.25) is 9.59 Å². The van der Waals surface area contributed by atoms with Gasteiger partial charge in [0, 0.05) is 13.1 Å². The Kier molecular flexibility index (Phi) is 10.6. The van der Waals surface area contributed by atoms with E-state index in [1.54, 1.807) is 24.3 Å². The molecular weight excluding hydrogens is 504 g/mol. The summed E-state index contributed by atoms with van der Waals surface area (Å²) in [5.41, 5.74) is 1.85. The number of aryl methyl sites for hydroxylation is 2. The molecule has 2 rings (SSSR count). The highest BCUT2D eigenvalue weighted by atomic mass is 32.2. The molecule has 4 N–H and O–H groups in total. The van der Waals surface area contributed by atoms with E-state index in [4.69, 9.17) is 0 Å². The van der Waals surface area contributed by atoms with Gasteiger partial charge in [0.25, 0.3) is 0 Å². The van der Waals surface area contributed by atoms with Crippen LogP contribution in [0.5, 0.6) is 0 Å². The van der Waals surface area contributed by atoms with Crippen molar-refractivity contribution < 1.29 is 26.4 Å². The average Bonchev–Trinajstić information content (AvgIpc) is 2.80. The van der Waals surface area contributed by atoms with Crippen LogP contribution in [0, 0.1) is 13.8 Å². The van der Waals surface area contributed by atoms with Gasteiger partial charge in [-0.25, -0.2) is 16.8 Å². The lowest BCUT2D eigenvalue weighted by atomic mass is 10.2. The molecule has 2 atom stereocenters. The predicted octanol–water partition coefficient (Wildman–Crippen LogP) is 1.35. The maximum absolute atomic E-state index is 12.4. The van der Waals surface area contributed by atoms with Crippen LogP contribution in [-0.4, -0.2) is 53.8 Å². The topological polar surface area (TPSA) is 151 Å². The number of hydrogen-bond acceptors (Lipinski definition) is 6. The first-order valence-electron chi connectivity index (χ1n) is 11.6. The minimum atomic E-state index is -3.82. The van der Waals surface area contributed by atoms with E-state index in [0.29, 0.717) is 25.9 Å². The second-order valence-corrected chi connectivity index (χ2v) is 12.0. The highest BCUT2D eigenvalue weighted by Crippen LogP contribution is 2.11. The van der Waals surface area contributed by atoms with Crippen molar-refractivity contribution in [2.45, 2.75) is 62.4 Å². The van der Waals surface area contributed by atoms with E-state index in [9.17, 15) is 26.4 Å². The van der Waals surface area contributed by atoms with Gasteiger partial charge >= 0.3 is 0 Å². The van der Waals surface area contributed by atoms with Crippen LogP contribution < -0.4 is 20.1 Å². The Morgan fingerprint density at radius 1 is 0.639 bits per heavy atom. The molecule has 2 aromatic rings. The van der Waals surface area contributed by atoms with E-state index in [-0.39, 0.29) is 9.79 Å². The van der Waals surface area contributed by atoms with Crippen molar-refractivity contribution in [3.05, 3.63) is 59.7 Å². The third-order valence-corrected chi connectivity index (χ3v) is 8.43. The van der Waals surface area contributed by atoms with Crippen molar-refractivity contribution >= 4 is 31.9 Å². The predicted molar refractivity (Wildman–Crippen MR) is 137 cm³/mol. The number of benzene rings is 2. The molecule has 10 nitrogen and oxygen atoms in total. The van der Waals surface area contributed by atoms with Gasteiger partial charge in [-0.2, -0.15) is 9.44 Å². The third kappa shape index (κ3) is 9.01. The van der Waals surface area contributed by atoms with Gasteiger partial charge in [-0.1, -0.05) is 35.4 Å². The number of hydrogen-bond donors (Lipinski definition) is 4. The Bertz CT molecular complexity index is 1150. The summed E-state index contributed by atoms with van der Waals surface area (Å²) >= 11 is 0. The maximum atomic E-state index is 12.4. The first kappa shape index (κ1) is 29.4. The molecule has 0 fully saturated rings. The molecule has 12 heteroatoms. The van der Waals surface area contributed by atoms with Crippen molar-refractivity contribution in [3.63, 3.8) is 0 Å². The van der Waals surface area contributed by atoms with Crippen LogP contribution >= 0.6 is 0 Å². The summed E-state index contributed by atoms with van der Waals surface area (Å²) in [6.45, 7) is 7.20. The molecule has 0 spiro atoms. The van der Waals surface area contributed by atoms with Crippen LogP contribution in [0.15, 0.2) is 58.3 Å². The van der Waals surface area contributed by atoms with Gasteiger partial charge in [0.1, 0.15) is 0 Å². The molecule has 2 aromatic carbocycles. The molecular formula is C24H34N4O6S2. The quantitative estimate of drug-likeness (QED) is 0.283. The zero-order chi connectivity index (χ0) is 26.9.